The summed E-state index contributed by atoms with van der Waals surface area (Å²) >= 11 is 5.03. The topological polar surface area (TPSA) is 54.9 Å². The number of nitrogens with one attached hydrogen (secondary N) is 2. The summed E-state index contributed by atoms with van der Waals surface area (Å²) in [4.78, 5) is 0. The van der Waals surface area contributed by atoms with Crippen molar-refractivity contribution in [1.29, 1.82) is 0 Å². The minimum atomic E-state index is -2.97. The summed E-state index contributed by atoms with van der Waals surface area (Å²) in [6.07, 6.45) is 1.37. The molecule has 0 aliphatic rings. The second-order valence-corrected chi connectivity index (χ2v) is 5.03. The number of ether oxygens (including phenoxy) is 2. The molecule has 0 spiro atoms. The number of alkyl halides is 2. The number of hydrogen-bond donors (Lipinski definition) is 2. The van der Waals surface area contributed by atoms with Crippen molar-refractivity contribution in [2.24, 2.45) is 5.10 Å². The molecule has 0 aliphatic heterocycles. The van der Waals surface area contributed by atoms with E-state index in [1.165, 1.54) is 49.7 Å². The summed E-state index contributed by atoms with van der Waals surface area (Å²) in [5.74, 6) is -0.281. The summed E-state index contributed by atoms with van der Waals surface area (Å²) in [6, 6.07) is 10.1. The van der Waals surface area contributed by atoms with Crippen LogP contribution >= 0.6 is 12.2 Å². The molecule has 9 heteroatoms. The van der Waals surface area contributed by atoms with Crippen LogP contribution in [-0.2, 0) is 0 Å². The van der Waals surface area contributed by atoms with Crippen LogP contribution < -0.4 is 20.2 Å². The molecule has 0 bridgehead atoms. The minimum Gasteiger partial charge on any atom is -0.493 e. The standard InChI is InChI=1S/C16H14F3N3O2S/c1-23-13-7-2-10(8-14(13)24-15(18)19)9-20-22-16(25)21-12-5-3-11(17)4-6-12/h2-9,15H,1H3,(H2,21,22,25)/b20-9-. The van der Waals surface area contributed by atoms with Crippen LogP contribution in [0.25, 0.3) is 0 Å². The van der Waals surface area contributed by atoms with Gasteiger partial charge in [-0.2, -0.15) is 13.9 Å². The van der Waals surface area contributed by atoms with Crippen LogP contribution in [0.15, 0.2) is 47.6 Å². The van der Waals surface area contributed by atoms with E-state index in [1.807, 2.05) is 0 Å². The Hall–Kier alpha value is -2.81. The van der Waals surface area contributed by atoms with Crippen LogP contribution in [0.1, 0.15) is 5.56 Å². The summed E-state index contributed by atoms with van der Waals surface area (Å²) < 4.78 is 46.9. The number of rotatable bonds is 6. The van der Waals surface area contributed by atoms with Gasteiger partial charge in [-0.15, -0.1) is 0 Å². The first-order chi connectivity index (χ1) is 12.0. The van der Waals surface area contributed by atoms with Gasteiger partial charge in [0, 0.05) is 5.69 Å². The molecule has 2 aromatic carbocycles. The number of hydrogen-bond acceptors (Lipinski definition) is 4. The van der Waals surface area contributed by atoms with Gasteiger partial charge in [0.2, 0.25) is 0 Å². The maximum Gasteiger partial charge on any atom is 0.387 e. The molecule has 0 radical (unpaired) electrons. The Kier molecular flexibility index (Phi) is 6.58. The van der Waals surface area contributed by atoms with Gasteiger partial charge in [-0.3, -0.25) is 5.43 Å². The first-order valence-electron chi connectivity index (χ1n) is 6.96. The fourth-order valence-electron chi connectivity index (χ4n) is 1.82. The molecule has 25 heavy (non-hydrogen) atoms. The van der Waals surface area contributed by atoms with Gasteiger partial charge in [0.25, 0.3) is 0 Å². The van der Waals surface area contributed by atoms with E-state index in [0.717, 1.165) is 0 Å². The second-order valence-electron chi connectivity index (χ2n) is 4.62. The smallest absolute Gasteiger partial charge is 0.387 e. The molecule has 2 rings (SSSR count). The summed E-state index contributed by atoms with van der Waals surface area (Å²) in [5.41, 5.74) is 3.64. The third-order valence-electron chi connectivity index (χ3n) is 2.89. The molecule has 132 valence electrons. The van der Waals surface area contributed by atoms with Crippen molar-refractivity contribution in [3.05, 3.63) is 53.8 Å². The van der Waals surface area contributed by atoms with Crippen LogP contribution in [0.5, 0.6) is 11.5 Å². The van der Waals surface area contributed by atoms with Crippen LogP contribution in [0.2, 0.25) is 0 Å². The summed E-state index contributed by atoms with van der Waals surface area (Å²) in [6.45, 7) is -2.97. The molecule has 0 fully saturated rings. The molecule has 2 N–H and O–H groups in total. The van der Waals surface area contributed by atoms with Gasteiger partial charge in [-0.25, -0.2) is 4.39 Å². The molecular formula is C16H14F3N3O2S. The summed E-state index contributed by atoms with van der Waals surface area (Å²) in [7, 11) is 1.35. The minimum absolute atomic E-state index is 0.103. The first-order valence-corrected chi connectivity index (χ1v) is 7.37. The van der Waals surface area contributed by atoms with Gasteiger partial charge in [0.05, 0.1) is 13.3 Å². The lowest BCUT2D eigenvalue weighted by Gasteiger charge is -2.10. The highest BCUT2D eigenvalue weighted by Gasteiger charge is 2.10. The lowest BCUT2D eigenvalue weighted by atomic mass is 10.2. The molecule has 0 aromatic heterocycles. The van der Waals surface area contributed by atoms with Crippen LogP contribution in [-0.4, -0.2) is 25.0 Å². The maximum absolute atomic E-state index is 12.8. The number of methoxy groups -OCH3 is 1. The number of anilines is 1. The van der Waals surface area contributed by atoms with Gasteiger partial charge in [0.1, 0.15) is 5.82 Å². The maximum atomic E-state index is 12.8. The van der Waals surface area contributed by atoms with Gasteiger partial charge < -0.3 is 14.8 Å². The SMILES string of the molecule is COc1ccc(/C=N\NC(=S)Nc2ccc(F)cc2)cc1OC(F)F. The molecule has 0 aliphatic carbocycles. The van der Waals surface area contributed by atoms with Gasteiger partial charge in [-0.1, -0.05) is 0 Å². The van der Waals surface area contributed by atoms with Crippen molar-refractivity contribution >= 4 is 29.2 Å². The van der Waals surface area contributed by atoms with Crippen molar-refractivity contribution in [3.8, 4) is 11.5 Å². The first kappa shape index (κ1) is 18.5. The highest BCUT2D eigenvalue weighted by Crippen LogP contribution is 2.28. The highest BCUT2D eigenvalue weighted by molar-refractivity contribution is 7.80. The zero-order chi connectivity index (χ0) is 18.2. The highest BCUT2D eigenvalue weighted by atomic mass is 32.1. The Bertz CT molecular complexity index is 755. The van der Waals surface area contributed by atoms with Gasteiger partial charge in [0.15, 0.2) is 16.6 Å². The van der Waals surface area contributed by atoms with E-state index in [4.69, 9.17) is 17.0 Å². The quantitative estimate of drug-likeness (QED) is 0.461. The molecule has 0 saturated carbocycles. The van der Waals surface area contributed by atoms with E-state index in [2.05, 4.69) is 20.6 Å². The third kappa shape index (κ3) is 5.96. The monoisotopic (exact) mass is 369 g/mol. The van der Waals surface area contributed by atoms with E-state index < -0.39 is 6.61 Å². The number of nitrogens with zero attached hydrogens (tertiary/aromatic N) is 1. The average Bonchev–Trinajstić information content (AvgIpc) is 2.57. The summed E-state index contributed by atoms with van der Waals surface area (Å²) in [5, 5.41) is 6.88. The molecular weight excluding hydrogens is 355 g/mol. The average molecular weight is 369 g/mol. The zero-order valence-electron chi connectivity index (χ0n) is 13.0. The molecule has 0 unspecified atom stereocenters. The van der Waals surface area contributed by atoms with E-state index in [1.54, 1.807) is 6.07 Å². The van der Waals surface area contributed by atoms with Crippen molar-refractivity contribution < 1.29 is 22.6 Å². The van der Waals surface area contributed by atoms with Crippen LogP contribution in [0.3, 0.4) is 0 Å². The molecule has 0 saturated heterocycles. The Balaban J connectivity index is 1.96. The van der Waals surface area contributed by atoms with Crippen molar-refractivity contribution in [2.75, 3.05) is 12.4 Å². The van der Waals surface area contributed by atoms with E-state index in [9.17, 15) is 13.2 Å². The van der Waals surface area contributed by atoms with Crippen molar-refractivity contribution in [3.63, 3.8) is 0 Å². The van der Waals surface area contributed by atoms with E-state index in [-0.39, 0.29) is 22.4 Å². The normalized spacial score (nSPS) is 10.8. The van der Waals surface area contributed by atoms with E-state index in [0.29, 0.717) is 11.3 Å². The molecule has 0 amide bonds. The second kappa shape index (κ2) is 8.88. The number of halogens is 3. The lowest BCUT2D eigenvalue weighted by molar-refractivity contribution is -0.0512. The largest absolute Gasteiger partial charge is 0.493 e. The Morgan fingerprint density at radius 3 is 2.52 bits per heavy atom. The number of benzene rings is 2. The van der Waals surface area contributed by atoms with Crippen molar-refractivity contribution in [1.82, 2.24) is 5.43 Å². The fraction of sp³-hybridized carbons (Fsp3) is 0.125. The predicted octanol–water partition coefficient (Wildman–Crippen LogP) is 3.76. The Morgan fingerprint density at radius 2 is 1.88 bits per heavy atom. The molecule has 2 aromatic rings. The molecule has 0 atom stereocenters. The van der Waals surface area contributed by atoms with Crippen LogP contribution in [0.4, 0.5) is 18.9 Å². The van der Waals surface area contributed by atoms with E-state index >= 15 is 0 Å². The van der Waals surface area contributed by atoms with Crippen LogP contribution in [0, 0.1) is 5.82 Å². The number of thiocarbonyl (C=S) groups is 1. The molecule has 0 heterocycles. The van der Waals surface area contributed by atoms with Gasteiger partial charge in [-0.05, 0) is 60.2 Å². The molecule has 5 nitrogen and oxygen atoms in total. The zero-order valence-corrected chi connectivity index (χ0v) is 13.8. The Labute approximate surface area is 147 Å². The van der Waals surface area contributed by atoms with Gasteiger partial charge >= 0.3 is 6.61 Å². The third-order valence-corrected chi connectivity index (χ3v) is 3.08. The fourth-order valence-corrected chi connectivity index (χ4v) is 1.99. The Morgan fingerprint density at radius 1 is 1.16 bits per heavy atom. The van der Waals surface area contributed by atoms with Crippen molar-refractivity contribution in [2.45, 2.75) is 6.61 Å². The lowest BCUT2D eigenvalue weighted by Crippen LogP contribution is -2.23. The number of hydrazone groups is 1. The predicted molar refractivity (Wildman–Crippen MR) is 93.0 cm³/mol.